The molecule has 8 rings (SSSR count). The first-order chi connectivity index (χ1) is 65.1. The lowest BCUT2D eigenvalue weighted by molar-refractivity contribution is -0.392. The monoisotopic (exact) mass is 1970 g/mol. The van der Waals surface area contributed by atoms with E-state index in [9.17, 15) is 132 Å². The number of rotatable bonds is 58. The number of aliphatic hydroxyl groups excluding tert-OH is 22. The molecule has 8 aliphatic heterocycles. The summed E-state index contributed by atoms with van der Waals surface area (Å²) in [4.78, 5) is 53.3. The van der Waals surface area contributed by atoms with E-state index in [0.29, 0.717) is 12.8 Å². The average Bonchev–Trinajstić information content (AvgIpc) is 0.760. The molecule has 8 saturated heterocycles. The highest BCUT2D eigenvalue weighted by molar-refractivity contribution is 5.76. The van der Waals surface area contributed by atoms with E-state index >= 15 is 0 Å². The molecule has 0 bridgehead atoms. The molecular weight excluding hydrogens is 1810 g/mol. The van der Waals surface area contributed by atoms with Gasteiger partial charge in [0, 0.05) is 27.2 Å². The first-order valence-corrected chi connectivity index (χ1v) is 48.8. The van der Waals surface area contributed by atoms with Gasteiger partial charge >= 0.3 is 0 Å². The van der Waals surface area contributed by atoms with Crippen LogP contribution in [-0.4, -0.2) is 446 Å². The van der Waals surface area contributed by atoms with Crippen LogP contribution in [0.5, 0.6) is 0 Å². The van der Waals surface area contributed by atoms with Crippen LogP contribution in [0.1, 0.15) is 221 Å². The zero-order valence-electron chi connectivity index (χ0n) is 78.9. The molecule has 0 spiro atoms. The molecule has 0 saturated carbocycles. The molecule has 16 unspecified atom stereocenters. The van der Waals surface area contributed by atoms with E-state index in [-0.39, 0.29) is 12.3 Å². The lowest BCUT2D eigenvalue weighted by Crippen LogP contribution is -2.71. The highest BCUT2D eigenvalue weighted by Gasteiger charge is 2.61. The SMILES string of the molecule is CCCCCCCCCCCCC/C=C/[C@@H](O)[C@H](CO[C@@H]1OC(CO)[C@@H](O[C@@H]2OC(CO)[C@H](O)[C@H](O[C@@H]3OC(CO)[C@@H](O)[C@H](O[C@@H]4OC(CO[C@@H]5OC(CO)[C@@H](O)[C@H](O)C5NC(C)=O)[C@H](O)[C@H](O[C@@H]5OC(CO)[C@@H](O)[C@H](O[C@@H]6OC(CO)[C@H](O)[C@H](O)C6O[C@H]6OC(C)[C@@H](O)C(O)[C@@H]6O)C5NC(C)=O)C4O)C3NC(C)=O)C2O)[C@H](O)C1O)NC(=O)CCCCCCCCCCCCCCCCC. The van der Waals surface area contributed by atoms with Gasteiger partial charge in [0.2, 0.25) is 23.6 Å². The molecule has 8 fully saturated rings. The number of ether oxygens (including phenoxy) is 16. The van der Waals surface area contributed by atoms with Crippen LogP contribution in [0.25, 0.3) is 0 Å². The lowest BCUT2D eigenvalue weighted by atomic mass is 9.93. The first kappa shape index (κ1) is 117. The Morgan fingerprint density at radius 3 is 1.11 bits per heavy atom. The van der Waals surface area contributed by atoms with Gasteiger partial charge in [0.1, 0.15) is 189 Å². The number of hydrogen-bond donors (Lipinski definition) is 26. The summed E-state index contributed by atoms with van der Waals surface area (Å²) >= 11 is 0. The Balaban J connectivity index is 1.01. The van der Waals surface area contributed by atoms with Crippen molar-refractivity contribution in [1.29, 1.82) is 0 Å². The summed E-state index contributed by atoms with van der Waals surface area (Å²) in [5, 5.41) is 261. The summed E-state index contributed by atoms with van der Waals surface area (Å²) in [7, 11) is 0. The van der Waals surface area contributed by atoms with Gasteiger partial charge in [-0.3, -0.25) is 19.2 Å². The van der Waals surface area contributed by atoms with E-state index < -0.39 is 328 Å². The van der Waals surface area contributed by atoms with Gasteiger partial charge in [-0.2, -0.15) is 0 Å². The predicted molar refractivity (Wildman–Crippen MR) is 469 cm³/mol. The molecule has 136 heavy (non-hydrogen) atoms. The van der Waals surface area contributed by atoms with Crippen molar-refractivity contribution < 1.29 is 207 Å². The van der Waals surface area contributed by atoms with Gasteiger partial charge in [-0.15, -0.1) is 0 Å². The Morgan fingerprint density at radius 1 is 0.309 bits per heavy atom. The van der Waals surface area contributed by atoms with Gasteiger partial charge in [-0.05, 0) is 26.2 Å². The number of nitrogens with one attached hydrogen (secondary N) is 4. The fourth-order valence-corrected chi connectivity index (χ4v) is 18.3. The number of carbonyl (C=O) groups excluding carboxylic acids is 4. The molecule has 0 aromatic rings. The second-order valence-electron chi connectivity index (χ2n) is 37.0. The van der Waals surface area contributed by atoms with Crippen LogP contribution in [0.3, 0.4) is 0 Å². The summed E-state index contributed by atoms with van der Waals surface area (Å²) in [6.07, 6.45) is -42.8. The van der Waals surface area contributed by atoms with Crippen molar-refractivity contribution in [2.24, 2.45) is 0 Å². The molecule has 0 aromatic heterocycles. The van der Waals surface area contributed by atoms with Crippen LogP contribution in [0, 0.1) is 0 Å². The van der Waals surface area contributed by atoms with Crippen LogP contribution in [0.15, 0.2) is 12.2 Å². The van der Waals surface area contributed by atoms with E-state index in [1.54, 1.807) is 6.08 Å². The maximum absolute atomic E-state index is 13.7. The number of amides is 4. The standard InChI is InChI=1S/C90H160N4O42/c1-7-9-11-13-15-17-19-21-22-24-26-28-30-32-34-36-58(105)94-49(50(104)35-33-31-29-27-25-23-20-18-16-14-12-10-8-2)43-121-86-74(118)72(116)77(56(42-100)129-86)131-88-75(119)80(67(111)55(41-99)127-88)134-84-60(92-47(5)102)78(65(109)53(39-97)125-84)132-89-76(120)81(68(112)57(130-89)44-122-83-59(91-46(4)101)69(113)63(107)51(37-95)124-83)135-85-61(93-48(6)103)79(66(110)54(40-98)126-85)133-90-82(71(115)64(108)52(38-96)128-90)136-87-73(117)70(114)62(106)45(3)123-87/h33,35,45,49-57,59-90,95-100,104,106-120H,7-32,34,36-44H2,1-6H3,(H,91,101)(H,92,102)(H,93,103)(H,94,105)/b35-33+/t45?,49-,50+,51?,52?,53?,54?,55?,56?,57?,59?,60?,61?,62+,63+,64-,65+,66+,67-,68-,69+,70?,71-,72+,73-,74?,75?,76?,77+,78+,79+,80-,81-,82?,83+,84-,85-,86+,87+,88-,89-,90-/m0/s1. The fourth-order valence-electron chi connectivity index (χ4n) is 18.3. The molecule has 8 heterocycles. The van der Waals surface area contributed by atoms with Crippen molar-refractivity contribution in [2.45, 2.75) is 479 Å². The average molecular weight is 1970 g/mol. The van der Waals surface area contributed by atoms with Crippen LogP contribution >= 0.6 is 0 Å². The predicted octanol–water partition coefficient (Wildman–Crippen LogP) is -5.60. The minimum atomic E-state index is -2.53. The van der Waals surface area contributed by atoms with Crippen molar-refractivity contribution in [2.75, 3.05) is 52.9 Å². The maximum Gasteiger partial charge on any atom is 0.220 e. The van der Waals surface area contributed by atoms with Crippen LogP contribution < -0.4 is 21.3 Å². The van der Waals surface area contributed by atoms with Crippen LogP contribution in [-0.2, 0) is 95.0 Å². The molecule has 792 valence electrons. The number of hydrogen-bond acceptors (Lipinski definition) is 42. The van der Waals surface area contributed by atoms with Gasteiger partial charge in [0.25, 0.3) is 0 Å². The zero-order valence-corrected chi connectivity index (χ0v) is 78.9. The zero-order chi connectivity index (χ0) is 99.6. The fraction of sp³-hybridized carbons (Fsp3) is 0.933. The topological polar surface area (TPSA) is 709 Å². The van der Waals surface area contributed by atoms with E-state index in [0.717, 1.165) is 78.6 Å². The number of allylic oxidation sites excluding steroid dienone is 1. The number of carbonyl (C=O) groups is 4. The summed E-state index contributed by atoms with van der Waals surface area (Å²) in [5.41, 5.74) is 0. The largest absolute Gasteiger partial charge is 0.394 e. The third-order valence-corrected chi connectivity index (χ3v) is 26.3. The molecular formula is C90H160N4O42. The van der Waals surface area contributed by atoms with Crippen molar-refractivity contribution in [3.05, 3.63) is 12.2 Å². The van der Waals surface area contributed by atoms with Crippen LogP contribution in [0.2, 0.25) is 0 Å². The second-order valence-corrected chi connectivity index (χ2v) is 37.0. The summed E-state index contributed by atoms with van der Waals surface area (Å²) in [6.45, 7) is 0.637. The van der Waals surface area contributed by atoms with Crippen LogP contribution in [0.4, 0.5) is 0 Å². The molecule has 4 amide bonds. The van der Waals surface area contributed by atoms with E-state index in [1.807, 2.05) is 6.08 Å². The van der Waals surface area contributed by atoms with Crippen molar-refractivity contribution in [1.82, 2.24) is 21.3 Å². The maximum atomic E-state index is 13.7. The molecule has 26 N–H and O–H groups in total. The normalized spacial score (nSPS) is 39.5. The number of aliphatic hydroxyl groups is 22. The van der Waals surface area contributed by atoms with Gasteiger partial charge in [0.15, 0.2) is 50.3 Å². The minimum absolute atomic E-state index is 0.137. The lowest BCUT2D eigenvalue weighted by Gasteiger charge is -2.51. The smallest absolute Gasteiger partial charge is 0.220 e. The molecule has 0 radical (unpaired) electrons. The Kier molecular flexibility index (Phi) is 51.9. The number of unbranched alkanes of at least 4 members (excludes halogenated alkanes) is 25. The Morgan fingerprint density at radius 2 is 0.647 bits per heavy atom. The van der Waals surface area contributed by atoms with E-state index in [4.69, 9.17) is 75.8 Å². The van der Waals surface area contributed by atoms with Gasteiger partial charge in [-0.25, -0.2) is 0 Å². The quantitative estimate of drug-likeness (QED) is 0.0199. The molecule has 8 aliphatic rings. The Hall–Kier alpha value is -3.90. The molecule has 46 heteroatoms. The molecule has 0 aromatic carbocycles. The highest BCUT2D eigenvalue weighted by atomic mass is 16.8. The van der Waals surface area contributed by atoms with Gasteiger partial charge in [-0.1, -0.05) is 180 Å². The molecule has 46 nitrogen and oxygen atoms in total. The molecule has 0 aliphatic carbocycles. The first-order valence-electron chi connectivity index (χ1n) is 48.8. The van der Waals surface area contributed by atoms with Crippen molar-refractivity contribution in [3.63, 3.8) is 0 Å². The van der Waals surface area contributed by atoms with Crippen molar-refractivity contribution >= 4 is 23.6 Å². The van der Waals surface area contributed by atoms with Crippen molar-refractivity contribution in [3.8, 4) is 0 Å². The minimum Gasteiger partial charge on any atom is -0.394 e. The summed E-state index contributed by atoms with van der Waals surface area (Å²) < 4.78 is 96.8. The third-order valence-electron chi connectivity index (χ3n) is 26.3. The highest BCUT2D eigenvalue weighted by Crippen LogP contribution is 2.40. The summed E-state index contributed by atoms with van der Waals surface area (Å²) in [5.74, 6) is -3.15. The summed E-state index contributed by atoms with van der Waals surface area (Å²) in [6, 6.07) is -6.82. The van der Waals surface area contributed by atoms with Gasteiger partial charge < -0.3 is 209 Å². The molecule has 42 atom stereocenters. The van der Waals surface area contributed by atoms with Gasteiger partial charge in [0.05, 0.1) is 71.1 Å². The third kappa shape index (κ3) is 33.6. The van der Waals surface area contributed by atoms with E-state index in [2.05, 4.69) is 35.1 Å². The second kappa shape index (κ2) is 60.1. The Bertz CT molecular complexity index is 3380. The van der Waals surface area contributed by atoms with E-state index in [1.165, 1.54) is 110 Å². The Labute approximate surface area is 793 Å².